The van der Waals surface area contributed by atoms with Crippen molar-refractivity contribution in [1.29, 1.82) is 0 Å². The van der Waals surface area contributed by atoms with E-state index in [1.54, 1.807) is 29.3 Å². The van der Waals surface area contributed by atoms with E-state index in [9.17, 15) is 9.59 Å². The van der Waals surface area contributed by atoms with Crippen LogP contribution in [0.2, 0.25) is 5.02 Å². The van der Waals surface area contributed by atoms with E-state index < -0.39 is 0 Å². The van der Waals surface area contributed by atoms with Crippen LogP contribution in [0.5, 0.6) is 0 Å². The second-order valence-electron chi connectivity index (χ2n) is 5.88. The number of benzene rings is 1. The molecule has 0 unspecified atom stereocenters. The van der Waals surface area contributed by atoms with Gasteiger partial charge in [-0.25, -0.2) is 9.78 Å². The number of aromatic nitrogens is 1. The Hall–Kier alpha value is -2.80. The fourth-order valence-electron chi connectivity index (χ4n) is 2.73. The van der Waals surface area contributed by atoms with Crippen LogP contribution in [-0.4, -0.2) is 54.5 Å². The molecule has 136 valence electrons. The summed E-state index contributed by atoms with van der Waals surface area (Å²) in [7, 11) is 0. The summed E-state index contributed by atoms with van der Waals surface area (Å²) >= 11 is 6.03. The zero-order valence-electron chi connectivity index (χ0n) is 14.2. The third kappa shape index (κ3) is 4.86. The first-order valence-electron chi connectivity index (χ1n) is 8.36. The molecule has 8 heteroatoms. The van der Waals surface area contributed by atoms with Gasteiger partial charge in [0.15, 0.2) is 0 Å². The van der Waals surface area contributed by atoms with Crippen LogP contribution in [0.3, 0.4) is 0 Å². The number of amides is 3. The molecule has 26 heavy (non-hydrogen) atoms. The minimum Gasteiger partial charge on any atom is -0.368 e. The van der Waals surface area contributed by atoms with Crippen LogP contribution >= 0.6 is 11.6 Å². The van der Waals surface area contributed by atoms with Crippen LogP contribution in [0.25, 0.3) is 0 Å². The molecule has 0 bridgehead atoms. The van der Waals surface area contributed by atoms with E-state index in [-0.39, 0.29) is 18.5 Å². The predicted molar refractivity (Wildman–Crippen MR) is 102 cm³/mol. The summed E-state index contributed by atoms with van der Waals surface area (Å²) in [6.07, 6.45) is 1.59. The van der Waals surface area contributed by atoms with E-state index in [0.29, 0.717) is 37.0 Å². The van der Waals surface area contributed by atoms with Crippen molar-refractivity contribution in [2.75, 3.05) is 42.9 Å². The summed E-state index contributed by atoms with van der Waals surface area (Å²) in [6.45, 7) is 2.51. The minimum absolute atomic E-state index is 0.0933. The van der Waals surface area contributed by atoms with Crippen molar-refractivity contribution in [3.8, 4) is 0 Å². The molecule has 2 aromatic rings. The average molecular weight is 374 g/mol. The molecule has 0 aliphatic carbocycles. The maximum Gasteiger partial charge on any atom is 0.317 e. The molecule has 0 radical (unpaired) electrons. The monoisotopic (exact) mass is 373 g/mol. The van der Waals surface area contributed by atoms with Crippen LogP contribution in [0, 0.1) is 0 Å². The van der Waals surface area contributed by atoms with E-state index in [4.69, 9.17) is 11.6 Å². The molecule has 1 aromatic heterocycles. The van der Waals surface area contributed by atoms with Gasteiger partial charge in [0.2, 0.25) is 5.91 Å². The number of rotatable bonds is 4. The van der Waals surface area contributed by atoms with Crippen LogP contribution in [0.15, 0.2) is 48.7 Å². The molecule has 1 aliphatic rings. The Morgan fingerprint density at radius 3 is 2.58 bits per heavy atom. The summed E-state index contributed by atoms with van der Waals surface area (Å²) in [6, 6.07) is 12.7. The highest BCUT2D eigenvalue weighted by molar-refractivity contribution is 6.30. The van der Waals surface area contributed by atoms with Gasteiger partial charge in [-0.05, 0) is 30.3 Å². The van der Waals surface area contributed by atoms with E-state index in [0.717, 1.165) is 5.69 Å². The maximum absolute atomic E-state index is 12.2. The first-order chi connectivity index (χ1) is 12.6. The lowest BCUT2D eigenvalue weighted by Gasteiger charge is -2.36. The van der Waals surface area contributed by atoms with Crippen molar-refractivity contribution in [2.24, 2.45) is 0 Å². The third-order valence-electron chi connectivity index (χ3n) is 4.07. The third-order valence-corrected chi connectivity index (χ3v) is 4.31. The first-order valence-corrected chi connectivity index (χ1v) is 8.74. The number of urea groups is 1. The van der Waals surface area contributed by atoms with Crippen molar-refractivity contribution in [3.05, 3.63) is 53.7 Å². The Bertz CT molecular complexity index is 763. The standard InChI is InChI=1S/C18H20ClN5O2/c19-14-4-3-5-15(12-14)23-8-10-24(11-9-23)18(26)21-13-17(25)22-16-6-1-2-7-20-16/h1-7,12H,8-11,13H2,(H,21,26)(H,20,22,25). The van der Waals surface area contributed by atoms with E-state index >= 15 is 0 Å². The molecule has 2 heterocycles. The number of nitrogens with one attached hydrogen (secondary N) is 2. The lowest BCUT2D eigenvalue weighted by molar-refractivity contribution is -0.115. The Balaban J connectivity index is 1.43. The molecular weight excluding hydrogens is 354 g/mol. The lowest BCUT2D eigenvalue weighted by Crippen LogP contribution is -2.52. The number of anilines is 2. The van der Waals surface area contributed by atoms with E-state index in [2.05, 4.69) is 20.5 Å². The molecular formula is C18H20ClN5O2. The second-order valence-corrected chi connectivity index (χ2v) is 6.31. The summed E-state index contributed by atoms with van der Waals surface area (Å²) in [4.78, 5) is 32.0. The van der Waals surface area contributed by atoms with Crippen molar-refractivity contribution >= 4 is 35.0 Å². The van der Waals surface area contributed by atoms with Crippen LogP contribution in [-0.2, 0) is 4.79 Å². The first kappa shape index (κ1) is 18.0. The predicted octanol–water partition coefficient (Wildman–Crippen LogP) is 2.21. The molecule has 0 atom stereocenters. The second kappa shape index (κ2) is 8.53. The molecule has 7 nitrogen and oxygen atoms in total. The van der Waals surface area contributed by atoms with Gasteiger partial charge in [-0.1, -0.05) is 23.7 Å². The summed E-state index contributed by atoms with van der Waals surface area (Å²) in [5.41, 5.74) is 1.05. The molecule has 0 spiro atoms. The molecule has 1 aliphatic heterocycles. The molecule has 3 rings (SSSR count). The molecule has 2 N–H and O–H groups in total. The number of hydrogen-bond acceptors (Lipinski definition) is 4. The zero-order valence-corrected chi connectivity index (χ0v) is 14.9. The van der Waals surface area contributed by atoms with E-state index in [1.807, 2.05) is 24.3 Å². The Morgan fingerprint density at radius 1 is 1.08 bits per heavy atom. The van der Waals surface area contributed by atoms with E-state index in [1.165, 1.54) is 0 Å². The average Bonchev–Trinajstić information content (AvgIpc) is 2.67. The summed E-state index contributed by atoms with van der Waals surface area (Å²) in [5.74, 6) is 0.150. The molecule has 3 amide bonds. The number of hydrogen-bond donors (Lipinski definition) is 2. The quantitative estimate of drug-likeness (QED) is 0.861. The van der Waals surface area contributed by atoms with Crippen molar-refractivity contribution in [3.63, 3.8) is 0 Å². The smallest absolute Gasteiger partial charge is 0.317 e. The van der Waals surface area contributed by atoms with Gasteiger partial charge in [-0.2, -0.15) is 0 Å². The number of halogens is 1. The minimum atomic E-state index is -0.311. The lowest BCUT2D eigenvalue weighted by atomic mass is 10.2. The van der Waals surface area contributed by atoms with Gasteiger partial charge in [0.1, 0.15) is 5.82 Å². The van der Waals surface area contributed by atoms with Crippen LogP contribution in [0.4, 0.5) is 16.3 Å². The SMILES string of the molecule is O=C(CNC(=O)N1CCN(c2cccc(Cl)c2)CC1)Nc1ccccn1. The normalized spacial score (nSPS) is 14.0. The van der Waals surface area contributed by atoms with Crippen LogP contribution in [0.1, 0.15) is 0 Å². The molecule has 1 aromatic carbocycles. The topological polar surface area (TPSA) is 77.6 Å². The summed E-state index contributed by atoms with van der Waals surface area (Å²) in [5, 5.41) is 5.97. The molecule has 1 fully saturated rings. The van der Waals surface area contributed by atoms with Gasteiger partial charge in [0.05, 0.1) is 6.54 Å². The zero-order chi connectivity index (χ0) is 18.4. The fourth-order valence-corrected chi connectivity index (χ4v) is 2.92. The highest BCUT2D eigenvalue weighted by Gasteiger charge is 2.21. The number of carbonyl (C=O) groups is 2. The highest BCUT2D eigenvalue weighted by atomic mass is 35.5. The van der Waals surface area contributed by atoms with Gasteiger partial charge >= 0.3 is 6.03 Å². The number of nitrogens with zero attached hydrogens (tertiary/aromatic N) is 3. The van der Waals surface area contributed by atoms with Crippen LogP contribution < -0.4 is 15.5 Å². The van der Waals surface area contributed by atoms with Gasteiger partial charge in [0.25, 0.3) is 0 Å². The van der Waals surface area contributed by atoms with Crippen molar-refractivity contribution in [1.82, 2.24) is 15.2 Å². The van der Waals surface area contributed by atoms with Gasteiger partial charge in [0, 0.05) is 43.1 Å². The number of pyridine rings is 1. The Morgan fingerprint density at radius 2 is 1.88 bits per heavy atom. The fraction of sp³-hybridized carbons (Fsp3) is 0.278. The largest absolute Gasteiger partial charge is 0.368 e. The van der Waals surface area contributed by atoms with Crippen molar-refractivity contribution in [2.45, 2.75) is 0 Å². The number of carbonyl (C=O) groups excluding carboxylic acids is 2. The summed E-state index contributed by atoms with van der Waals surface area (Å²) < 4.78 is 0. The van der Waals surface area contributed by atoms with Gasteiger partial charge < -0.3 is 20.4 Å². The van der Waals surface area contributed by atoms with Gasteiger partial charge in [-0.3, -0.25) is 4.79 Å². The maximum atomic E-state index is 12.2. The Kier molecular flexibility index (Phi) is 5.91. The highest BCUT2D eigenvalue weighted by Crippen LogP contribution is 2.20. The molecule has 1 saturated heterocycles. The number of piperazine rings is 1. The van der Waals surface area contributed by atoms with Crippen molar-refractivity contribution < 1.29 is 9.59 Å². The van der Waals surface area contributed by atoms with Gasteiger partial charge in [-0.15, -0.1) is 0 Å². The Labute approximate surface area is 157 Å². The molecule has 0 saturated carbocycles.